The van der Waals surface area contributed by atoms with E-state index < -0.39 is 17.1 Å². The van der Waals surface area contributed by atoms with Gasteiger partial charge in [0, 0.05) is 11.8 Å². The maximum absolute atomic E-state index is 9.98. The smallest absolute Gasteiger partial charge is 0.228 e. The minimum atomic E-state index is -0.713. The molecule has 0 saturated carbocycles. The quantitative estimate of drug-likeness (QED) is 0.359. The lowest BCUT2D eigenvalue weighted by molar-refractivity contribution is -0.504. The molecule has 0 aliphatic rings. The van der Waals surface area contributed by atoms with E-state index in [9.17, 15) is 10.1 Å². The van der Waals surface area contributed by atoms with Crippen molar-refractivity contribution in [1.29, 1.82) is 0 Å². The van der Waals surface area contributed by atoms with Crippen LogP contribution in [0.2, 0.25) is 0 Å². The van der Waals surface area contributed by atoms with Gasteiger partial charge < -0.3 is 5.11 Å². The van der Waals surface area contributed by atoms with Gasteiger partial charge in [-0.2, -0.15) is 0 Å². The van der Waals surface area contributed by atoms with Gasteiger partial charge in [-0.15, -0.1) is 0 Å². The van der Waals surface area contributed by atoms with Gasteiger partial charge in [-0.3, -0.25) is 10.1 Å². The van der Waals surface area contributed by atoms with Gasteiger partial charge in [0.25, 0.3) is 0 Å². The zero-order valence-electron chi connectivity index (χ0n) is 6.02. The molecule has 4 heteroatoms. The lowest BCUT2D eigenvalue weighted by Gasteiger charge is -1.96. The summed E-state index contributed by atoms with van der Waals surface area (Å²) in [5, 5.41) is 18.7. The SMILES string of the molecule is C[C@H](O)/C=C/[C@@H](C)[N+](=O)[O-]. The van der Waals surface area contributed by atoms with E-state index in [-0.39, 0.29) is 0 Å². The second-order valence-electron chi connectivity index (χ2n) is 2.15. The van der Waals surface area contributed by atoms with Crippen molar-refractivity contribution in [2.75, 3.05) is 0 Å². The molecule has 0 spiro atoms. The van der Waals surface area contributed by atoms with E-state index in [0.29, 0.717) is 0 Å². The fraction of sp³-hybridized carbons (Fsp3) is 0.667. The van der Waals surface area contributed by atoms with Crippen molar-refractivity contribution < 1.29 is 10.0 Å². The third-order valence-electron chi connectivity index (χ3n) is 1.00. The van der Waals surface area contributed by atoms with Crippen molar-refractivity contribution in [2.45, 2.75) is 26.0 Å². The Labute approximate surface area is 59.3 Å². The Morgan fingerprint density at radius 1 is 1.50 bits per heavy atom. The summed E-state index contributed by atoms with van der Waals surface area (Å²) in [6, 6.07) is -0.713. The fourth-order valence-corrected chi connectivity index (χ4v) is 0.392. The van der Waals surface area contributed by atoms with Crippen molar-refractivity contribution in [3.63, 3.8) is 0 Å². The molecule has 0 aromatic carbocycles. The number of nitro groups is 1. The normalized spacial score (nSPS) is 17.1. The fourth-order valence-electron chi connectivity index (χ4n) is 0.392. The molecular formula is C6H11NO3. The van der Waals surface area contributed by atoms with Crippen molar-refractivity contribution in [3.8, 4) is 0 Å². The summed E-state index contributed by atoms with van der Waals surface area (Å²) in [6.45, 7) is 3.00. The number of hydrogen-bond donors (Lipinski definition) is 1. The Morgan fingerprint density at radius 2 is 2.00 bits per heavy atom. The van der Waals surface area contributed by atoms with E-state index in [1.165, 1.54) is 19.1 Å². The van der Waals surface area contributed by atoms with E-state index in [4.69, 9.17) is 5.11 Å². The predicted molar refractivity (Wildman–Crippen MR) is 37.3 cm³/mol. The van der Waals surface area contributed by atoms with E-state index >= 15 is 0 Å². The molecule has 0 amide bonds. The first-order valence-corrected chi connectivity index (χ1v) is 3.04. The van der Waals surface area contributed by atoms with Gasteiger partial charge in [-0.05, 0) is 13.0 Å². The summed E-state index contributed by atoms with van der Waals surface area (Å²) in [5.41, 5.74) is 0. The monoisotopic (exact) mass is 145 g/mol. The van der Waals surface area contributed by atoms with Crippen LogP contribution in [-0.4, -0.2) is 22.2 Å². The van der Waals surface area contributed by atoms with E-state index in [1.807, 2.05) is 0 Å². The zero-order valence-corrected chi connectivity index (χ0v) is 6.02. The maximum Gasteiger partial charge on any atom is 0.228 e. The van der Waals surface area contributed by atoms with Crippen LogP contribution in [0.15, 0.2) is 12.2 Å². The molecule has 0 heterocycles. The highest BCUT2D eigenvalue weighted by molar-refractivity contribution is 4.90. The van der Waals surface area contributed by atoms with Gasteiger partial charge in [-0.1, -0.05) is 6.08 Å². The molecule has 0 aromatic heterocycles. The van der Waals surface area contributed by atoms with Crippen LogP contribution < -0.4 is 0 Å². The molecule has 58 valence electrons. The predicted octanol–water partition coefficient (Wildman–Crippen LogP) is 0.589. The van der Waals surface area contributed by atoms with Crippen molar-refractivity contribution in [2.24, 2.45) is 0 Å². The standard InChI is InChI=1S/C6H11NO3/c1-5(7(9)10)3-4-6(2)8/h3-6,8H,1-2H3/b4-3+/t5-,6+/m1/s1. The summed E-state index contributed by atoms with van der Waals surface area (Å²) in [6.07, 6.45) is 2.15. The molecule has 0 unspecified atom stereocenters. The molecule has 0 aliphatic heterocycles. The molecule has 0 aromatic rings. The van der Waals surface area contributed by atoms with E-state index in [2.05, 4.69) is 0 Å². The molecule has 10 heavy (non-hydrogen) atoms. The summed E-state index contributed by atoms with van der Waals surface area (Å²) in [5.74, 6) is 0. The van der Waals surface area contributed by atoms with Crippen LogP contribution >= 0.6 is 0 Å². The van der Waals surface area contributed by atoms with Gasteiger partial charge in [0.05, 0.1) is 6.10 Å². The number of aliphatic hydroxyl groups excluding tert-OH is 1. The zero-order chi connectivity index (χ0) is 8.15. The van der Waals surface area contributed by atoms with Crippen LogP contribution in [0.25, 0.3) is 0 Å². The van der Waals surface area contributed by atoms with Crippen molar-refractivity contribution >= 4 is 0 Å². The maximum atomic E-state index is 9.98. The Hall–Kier alpha value is -0.900. The molecule has 2 atom stereocenters. The highest BCUT2D eigenvalue weighted by atomic mass is 16.6. The molecule has 4 nitrogen and oxygen atoms in total. The third-order valence-corrected chi connectivity index (χ3v) is 1.00. The number of aliphatic hydroxyl groups is 1. The summed E-state index contributed by atoms with van der Waals surface area (Å²) in [4.78, 5) is 9.57. The topological polar surface area (TPSA) is 63.4 Å². The summed E-state index contributed by atoms with van der Waals surface area (Å²) < 4.78 is 0. The van der Waals surface area contributed by atoms with Crippen molar-refractivity contribution in [3.05, 3.63) is 22.3 Å². The second kappa shape index (κ2) is 4.00. The lowest BCUT2D eigenvalue weighted by Crippen LogP contribution is -2.11. The lowest BCUT2D eigenvalue weighted by atomic mass is 10.3. The molecule has 0 bridgehead atoms. The first kappa shape index (κ1) is 9.10. The van der Waals surface area contributed by atoms with Crippen LogP contribution in [-0.2, 0) is 0 Å². The van der Waals surface area contributed by atoms with Gasteiger partial charge in [0.2, 0.25) is 6.04 Å². The van der Waals surface area contributed by atoms with Crippen LogP contribution in [0, 0.1) is 10.1 Å². The number of nitrogens with zero attached hydrogens (tertiary/aromatic N) is 1. The second-order valence-corrected chi connectivity index (χ2v) is 2.15. The Kier molecular flexibility index (Phi) is 3.64. The highest BCUT2D eigenvalue weighted by Crippen LogP contribution is 1.92. The first-order chi connectivity index (χ1) is 4.54. The summed E-state index contributed by atoms with van der Waals surface area (Å²) >= 11 is 0. The Balaban J connectivity index is 3.77. The largest absolute Gasteiger partial charge is 0.389 e. The first-order valence-electron chi connectivity index (χ1n) is 3.04. The molecule has 1 N–H and O–H groups in total. The number of hydrogen-bond acceptors (Lipinski definition) is 3. The number of rotatable bonds is 3. The van der Waals surface area contributed by atoms with E-state index in [0.717, 1.165) is 0 Å². The minimum absolute atomic E-state index is 0.418. The average molecular weight is 145 g/mol. The van der Waals surface area contributed by atoms with Gasteiger partial charge >= 0.3 is 0 Å². The molecular weight excluding hydrogens is 134 g/mol. The molecule has 0 radical (unpaired) electrons. The van der Waals surface area contributed by atoms with Gasteiger partial charge in [0.1, 0.15) is 0 Å². The third kappa shape index (κ3) is 4.03. The van der Waals surface area contributed by atoms with Crippen LogP contribution in [0.3, 0.4) is 0 Å². The molecule has 0 saturated heterocycles. The summed E-state index contributed by atoms with van der Waals surface area (Å²) in [7, 11) is 0. The molecule has 0 rings (SSSR count). The minimum Gasteiger partial charge on any atom is -0.389 e. The highest BCUT2D eigenvalue weighted by Gasteiger charge is 2.06. The van der Waals surface area contributed by atoms with Crippen LogP contribution in [0.4, 0.5) is 0 Å². The molecule has 0 aliphatic carbocycles. The Bertz CT molecular complexity index is 142. The molecule has 0 fully saturated rings. The van der Waals surface area contributed by atoms with Gasteiger partial charge in [-0.25, -0.2) is 0 Å². The van der Waals surface area contributed by atoms with Crippen LogP contribution in [0.5, 0.6) is 0 Å². The Morgan fingerprint density at radius 3 is 2.30 bits per heavy atom. The van der Waals surface area contributed by atoms with E-state index in [1.54, 1.807) is 6.92 Å². The van der Waals surface area contributed by atoms with Crippen molar-refractivity contribution in [1.82, 2.24) is 0 Å². The van der Waals surface area contributed by atoms with Gasteiger partial charge in [0.15, 0.2) is 0 Å². The average Bonchev–Trinajstić information content (AvgIpc) is 1.82. The van der Waals surface area contributed by atoms with Crippen LogP contribution in [0.1, 0.15) is 13.8 Å².